The van der Waals surface area contributed by atoms with Crippen LogP contribution in [0.15, 0.2) is 158 Å². The first kappa shape index (κ1) is 24.9. The minimum atomic E-state index is 0.573. The smallest absolute Gasteiger partial charge is 0.0413 e. The molecule has 0 radical (unpaired) electrons. The van der Waals surface area contributed by atoms with Gasteiger partial charge in [-0.05, 0) is 94.8 Å². The molecule has 0 heterocycles. The van der Waals surface area contributed by atoms with Crippen LogP contribution in [0.25, 0.3) is 33.4 Å². The van der Waals surface area contributed by atoms with E-state index in [1.807, 2.05) is 6.07 Å². The van der Waals surface area contributed by atoms with Crippen LogP contribution < -0.4 is 10.2 Å². The number of benzene rings is 6. The molecule has 6 aromatic rings. The summed E-state index contributed by atoms with van der Waals surface area (Å²) in [6, 6.07) is 56.9. The molecule has 0 spiro atoms. The molecular formula is C39H32N2. The molecule has 1 aliphatic rings. The molecule has 2 nitrogen and oxygen atoms in total. The fourth-order valence-corrected chi connectivity index (χ4v) is 5.48. The Balaban J connectivity index is 1.08. The van der Waals surface area contributed by atoms with Gasteiger partial charge in [-0.1, -0.05) is 109 Å². The molecule has 0 aliphatic heterocycles. The maximum Gasteiger partial charge on any atom is 0.0413 e. The zero-order valence-electron chi connectivity index (χ0n) is 22.9. The van der Waals surface area contributed by atoms with Crippen molar-refractivity contribution in [2.45, 2.75) is 18.9 Å². The fourth-order valence-electron chi connectivity index (χ4n) is 5.48. The molecule has 2 heteroatoms. The third-order valence-corrected chi connectivity index (χ3v) is 7.79. The Morgan fingerprint density at radius 1 is 0.390 bits per heavy atom. The molecule has 0 aromatic heterocycles. The van der Waals surface area contributed by atoms with Crippen molar-refractivity contribution in [3.05, 3.63) is 158 Å². The van der Waals surface area contributed by atoms with E-state index in [4.69, 9.17) is 0 Å². The SMILES string of the molecule is c1ccc(-c2ccc(Nc3cccc(-c4ccc(N(c5ccc(-c6ccccc6)cc5)C5CC5)cc4)c3)cc2)cc1. The zero-order chi connectivity index (χ0) is 27.4. The average molecular weight is 529 g/mol. The van der Waals surface area contributed by atoms with Crippen LogP contribution >= 0.6 is 0 Å². The van der Waals surface area contributed by atoms with Crippen molar-refractivity contribution in [1.29, 1.82) is 0 Å². The summed E-state index contributed by atoms with van der Waals surface area (Å²) < 4.78 is 0. The van der Waals surface area contributed by atoms with Gasteiger partial charge in [0.1, 0.15) is 0 Å². The lowest BCUT2D eigenvalue weighted by Gasteiger charge is -2.25. The van der Waals surface area contributed by atoms with Gasteiger partial charge < -0.3 is 10.2 Å². The van der Waals surface area contributed by atoms with Gasteiger partial charge in [0, 0.05) is 28.8 Å². The average Bonchev–Trinajstić information content (AvgIpc) is 3.89. The highest BCUT2D eigenvalue weighted by molar-refractivity contribution is 5.76. The minimum Gasteiger partial charge on any atom is -0.356 e. The second-order valence-electron chi connectivity index (χ2n) is 10.7. The summed E-state index contributed by atoms with van der Waals surface area (Å²) in [7, 11) is 0. The molecule has 1 aliphatic carbocycles. The Labute approximate surface area is 242 Å². The van der Waals surface area contributed by atoms with E-state index in [-0.39, 0.29) is 0 Å². The Hall–Kier alpha value is -5.08. The Morgan fingerprint density at radius 3 is 1.34 bits per heavy atom. The highest BCUT2D eigenvalue weighted by Gasteiger charge is 2.30. The third kappa shape index (κ3) is 5.64. The molecule has 1 N–H and O–H groups in total. The standard InChI is InChI=1S/C39H32N2/c1-3-8-29(9-4-1)31-14-20-35(21-15-31)40-36-13-7-12-34(28-36)33-18-24-38(25-19-33)41(39-26-27-39)37-22-16-32(17-23-37)30-10-5-2-6-11-30/h1-25,28,39-40H,26-27H2. The zero-order valence-corrected chi connectivity index (χ0v) is 22.9. The van der Waals surface area contributed by atoms with E-state index in [1.165, 1.54) is 57.6 Å². The van der Waals surface area contributed by atoms with Crippen LogP contribution in [0, 0.1) is 0 Å². The fraction of sp³-hybridized carbons (Fsp3) is 0.0769. The molecule has 0 atom stereocenters. The van der Waals surface area contributed by atoms with Crippen molar-refractivity contribution in [3.63, 3.8) is 0 Å². The van der Waals surface area contributed by atoms with Gasteiger partial charge in [-0.25, -0.2) is 0 Å². The first-order valence-electron chi connectivity index (χ1n) is 14.4. The Kier molecular flexibility index (Phi) is 6.80. The molecule has 41 heavy (non-hydrogen) atoms. The van der Waals surface area contributed by atoms with E-state index in [0.717, 1.165) is 11.4 Å². The molecular weight excluding hydrogens is 496 g/mol. The second kappa shape index (κ2) is 11.2. The summed E-state index contributed by atoms with van der Waals surface area (Å²) in [6.45, 7) is 0. The maximum atomic E-state index is 3.58. The predicted octanol–water partition coefficient (Wildman–Crippen LogP) is 10.7. The van der Waals surface area contributed by atoms with E-state index in [0.29, 0.717) is 6.04 Å². The van der Waals surface area contributed by atoms with Crippen molar-refractivity contribution in [3.8, 4) is 33.4 Å². The molecule has 0 amide bonds. The normalized spacial score (nSPS) is 12.6. The van der Waals surface area contributed by atoms with Gasteiger partial charge in [-0.2, -0.15) is 0 Å². The number of nitrogens with zero attached hydrogens (tertiary/aromatic N) is 1. The quantitative estimate of drug-likeness (QED) is 0.211. The van der Waals surface area contributed by atoms with E-state index < -0.39 is 0 Å². The molecule has 7 rings (SSSR count). The lowest BCUT2D eigenvalue weighted by Crippen LogP contribution is -2.19. The van der Waals surface area contributed by atoms with E-state index in [1.54, 1.807) is 0 Å². The predicted molar refractivity (Wildman–Crippen MR) is 174 cm³/mol. The van der Waals surface area contributed by atoms with Gasteiger partial charge in [-0.3, -0.25) is 0 Å². The highest BCUT2D eigenvalue weighted by Crippen LogP contribution is 2.39. The van der Waals surface area contributed by atoms with Gasteiger partial charge in [0.25, 0.3) is 0 Å². The van der Waals surface area contributed by atoms with E-state index in [2.05, 4.69) is 162 Å². The maximum absolute atomic E-state index is 3.58. The first-order chi connectivity index (χ1) is 20.3. The summed E-state index contributed by atoms with van der Waals surface area (Å²) in [4.78, 5) is 2.50. The number of hydrogen-bond donors (Lipinski definition) is 1. The third-order valence-electron chi connectivity index (χ3n) is 7.79. The number of nitrogens with one attached hydrogen (secondary N) is 1. The number of rotatable bonds is 8. The summed E-state index contributed by atoms with van der Waals surface area (Å²) in [5.41, 5.74) is 12.0. The van der Waals surface area contributed by atoms with E-state index in [9.17, 15) is 0 Å². The summed E-state index contributed by atoms with van der Waals surface area (Å²) in [5, 5.41) is 3.58. The van der Waals surface area contributed by atoms with Crippen molar-refractivity contribution in [2.24, 2.45) is 0 Å². The molecule has 198 valence electrons. The second-order valence-corrected chi connectivity index (χ2v) is 10.7. The number of anilines is 4. The Bertz CT molecular complexity index is 1720. The topological polar surface area (TPSA) is 15.3 Å². The van der Waals surface area contributed by atoms with Crippen molar-refractivity contribution in [2.75, 3.05) is 10.2 Å². The van der Waals surface area contributed by atoms with Crippen LogP contribution in [0.3, 0.4) is 0 Å². The monoisotopic (exact) mass is 528 g/mol. The molecule has 1 saturated carbocycles. The minimum absolute atomic E-state index is 0.573. The number of hydrogen-bond acceptors (Lipinski definition) is 2. The van der Waals surface area contributed by atoms with Gasteiger partial charge in [0.15, 0.2) is 0 Å². The van der Waals surface area contributed by atoms with Gasteiger partial charge in [0.05, 0.1) is 0 Å². The van der Waals surface area contributed by atoms with Crippen molar-refractivity contribution in [1.82, 2.24) is 0 Å². The van der Waals surface area contributed by atoms with Crippen LogP contribution in [0.4, 0.5) is 22.7 Å². The van der Waals surface area contributed by atoms with Crippen molar-refractivity contribution >= 4 is 22.7 Å². The van der Waals surface area contributed by atoms with Gasteiger partial charge in [-0.15, -0.1) is 0 Å². The molecule has 0 bridgehead atoms. The molecule has 0 saturated heterocycles. The van der Waals surface area contributed by atoms with Crippen LogP contribution in [0.1, 0.15) is 12.8 Å². The Morgan fingerprint density at radius 2 is 0.829 bits per heavy atom. The molecule has 0 unspecified atom stereocenters. The van der Waals surface area contributed by atoms with Gasteiger partial charge >= 0.3 is 0 Å². The van der Waals surface area contributed by atoms with Crippen LogP contribution in [-0.4, -0.2) is 6.04 Å². The van der Waals surface area contributed by atoms with Crippen LogP contribution in [0.5, 0.6) is 0 Å². The van der Waals surface area contributed by atoms with Gasteiger partial charge in [0.2, 0.25) is 0 Å². The van der Waals surface area contributed by atoms with Crippen molar-refractivity contribution < 1.29 is 0 Å². The lowest BCUT2D eigenvalue weighted by molar-refractivity contribution is 0.971. The largest absolute Gasteiger partial charge is 0.356 e. The van der Waals surface area contributed by atoms with Crippen LogP contribution in [0.2, 0.25) is 0 Å². The van der Waals surface area contributed by atoms with E-state index >= 15 is 0 Å². The summed E-state index contributed by atoms with van der Waals surface area (Å²) in [6.07, 6.45) is 2.48. The highest BCUT2D eigenvalue weighted by atomic mass is 15.2. The molecule has 6 aromatic carbocycles. The lowest BCUT2D eigenvalue weighted by atomic mass is 10.0. The summed E-state index contributed by atoms with van der Waals surface area (Å²) in [5.74, 6) is 0. The molecule has 1 fully saturated rings. The summed E-state index contributed by atoms with van der Waals surface area (Å²) >= 11 is 0. The first-order valence-corrected chi connectivity index (χ1v) is 14.4. The van der Waals surface area contributed by atoms with Crippen LogP contribution in [-0.2, 0) is 0 Å².